The fourth-order valence-corrected chi connectivity index (χ4v) is 5.00. The van der Waals surface area contributed by atoms with Crippen molar-refractivity contribution in [1.29, 1.82) is 0 Å². The first-order valence-electron chi connectivity index (χ1n) is 13.1. The number of carbonyl (C=O) groups is 1. The standard InChI is InChI=1S/C31H37BrN2O3/c1-22(2)31(35)33-27-6-4-5-25(21-27)23-15-18-34(19-16-23)20-17-30(24-7-9-26(32)10-8-24)37-29-13-11-28(36-3)12-14-29/h4-14,21-23,30H,15-20H2,1-3H3,(H,33,35). The van der Waals surface area contributed by atoms with Gasteiger partial charge in [0.05, 0.1) is 7.11 Å². The molecule has 0 saturated carbocycles. The van der Waals surface area contributed by atoms with Crippen molar-refractivity contribution >= 4 is 27.5 Å². The summed E-state index contributed by atoms with van der Waals surface area (Å²) in [6, 6.07) is 24.6. The molecule has 1 fully saturated rings. The highest BCUT2D eigenvalue weighted by molar-refractivity contribution is 9.10. The predicted molar refractivity (Wildman–Crippen MR) is 153 cm³/mol. The van der Waals surface area contributed by atoms with Crippen LogP contribution in [0.5, 0.6) is 11.5 Å². The number of anilines is 1. The second kappa shape index (κ2) is 13.1. The number of methoxy groups -OCH3 is 1. The molecule has 1 amide bonds. The molecule has 0 spiro atoms. The number of halogens is 1. The molecule has 1 aliphatic rings. The Morgan fingerprint density at radius 3 is 2.32 bits per heavy atom. The van der Waals surface area contributed by atoms with Gasteiger partial charge >= 0.3 is 0 Å². The van der Waals surface area contributed by atoms with Crippen LogP contribution in [0.15, 0.2) is 77.3 Å². The first-order chi connectivity index (χ1) is 17.9. The SMILES string of the molecule is COc1ccc(OC(CCN2CCC(c3cccc(NC(=O)C(C)C)c3)CC2)c2ccc(Br)cc2)cc1. The van der Waals surface area contributed by atoms with E-state index in [1.807, 2.05) is 44.2 Å². The van der Waals surface area contributed by atoms with E-state index in [4.69, 9.17) is 9.47 Å². The molecule has 196 valence electrons. The van der Waals surface area contributed by atoms with E-state index in [-0.39, 0.29) is 17.9 Å². The monoisotopic (exact) mass is 564 g/mol. The van der Waals surface area contributed by atoms with Crippen molar-refractivity contribution in [2.45, 2.75) is 45.1 Å². The van der Waals surface area contributed by atoms with Crippen LogP contribution in [0.3, 0.4) is 0 Å². The van der Waals surface area contributed by atoms with Crippen LogP contribution >= 0.6 is 15.9 Å². The highest BCUT2D eigenvalue weighted by atomic mass is 79.9. The van der Waals surface area contributed by atoms with Crippen LogP contribution in [-0.2, 0) is 4.79 Å². The summed E-state index contributed by atoms with van der Waals surface area (Å²) in [7, 11) is 1.67. The summed E-state index contributed by atoms with van der Waals surface area (Å²) < 4.78 is 12.8. The smallest absolute Gasteiger partial charge is 0.226 e. The Morgan fingerprint density at radius 1 is 1.00 bits per heavy atom. The van der Waals surface area contributed by atoms with Crippen LogP contribution in [0.4, 0.5) is 5.69 Å². The van der Waals surface area contributed by atoms with E-state index in [1.54, 1.807) is 7.11 Å². The van der Waals surface area contributed by atoms with Crippen LogP contribution in [0.25, 0.3) is 0 Å². The number of carbonyl (C=O) groups excluding carboxylic acids is 1. The molecule has 0 radical (unpaired) electrons. The first kappa shape index (κ1) is 27.2. The van der Waals surface area contributed by atoms with Gasteiger partial charge in [-0.2, -0.15) is 0 Å². The van der Waals surface area contributed by atoms with Crippen molar-refractivity contribution in [3.05, 3.63) is 88.4 Å². The zero-order valence-electron chi connectivity index (χ0n) is 22.0. The van der Waals surface area contributed by atoms with E-state index in [9.17, 15) is 4.79 Å². The van der Waals surface area contributed by atoms with Gasteiger partial charge in [-0.1, -0.05) is 54.0 Å². The number of rotatable bonds is 10. The molecule has 1 heterocycles. The summed E-state index contributed by atoms with van der Waals surface area (Å²) in [5.74, 6) is 2.22. The number of nitrogens with zero attached hydrogens (tertiary/aromatic N) is 1. The molecule has 1 unspecified atom stereocenters. The average Bonchev–Trinajstić information content (AvgIpc) is 2.92. The second-order valence-corrected chi connectivity index (χ2v) is 10.9. The summed E-state index contributed by atoms with van der Waals surface area (Å²) in [5.41, 5.74) is 3.39. The number of benzene rings is 3. The van der Waals surface area contributed by atoms with Gasteiger partial charge in [-0.25, -0.2) is 0 Å². The lowest BCUT2D eigenvalue weighted by Gasteiger charge is -2.33. The molecular weight excluding hydrogens is 528 g/mol. The molecule has 37 heavy (non-hydrogen) atoms. The minimum Gasteiger partial charge on any atom is -0.497 e. The molecule has 4 rings (SSSR count). The lowest BCUT2D eigenvalue weighted by Crippen LogP contribution is -2.34. The number of amides is 1. The Kier molecular flexibility index (Phi) is 9.64. The third-order valence-electron chi connectivity index (χ3n) is 7.02. The zero-order valence-corrected chi connectivity index (χ0v) is 23.5. The maximum atomic E-state index is 12.1. The highest BCUT2D eigenvalue weighted by Gasteiger charge is 2.23. The molecular formula is C31H37BrN2O3. The quantitative estimate of drug-likeness (QED) is 0.278. The highest BCUT2D eigenvalue weighted by Crippen LogP contribution is 2.32. The second-order valence-electron chi connectivity index (χ2n) is 10.0. The van der Waals surface area contributed by atoms with E-state index in [0.29, 0.717) is 5.92 Å². The Labute approximate surface area is 229 Å². The number of ether oxygens (including phenoxy) is 2. The van der Waals surface area contributed by atoms with Gasteiger partial charge in [-0.05, 0) is 91.5 Å². The van der Waals surface area contributed by atoms with E-state index in [1.165, 1.54) is 11.1 Å². The Hall–Kier alpha value is -2.83. The summed E-state index contributed by atoms with van der Waals surface area (Å²) in [6.07, 6.45) is 3.11. The zero-order chi connectivity index (χ0) is 26.2. The molecule has 0 bridgehead atoms. The van der Waals surface area contributed by atoms with Gasteiger partial charge in [-0.15, -0.1) is 0 Å². The first-order valence-corrected chi connectivity index (χ1v) is 13.9. The fourth-order valence-electron chi connectivity index (χ4n) is 4.74. The summed E-state index contributed by atoms with van der Waals surface area (Å²) >= 11 is 3.54. The van der Waals surface area contributed by atoms with Gasteiger partial charge < -0.3 is 19.7 Å². The molecule has 0 aromatic heterocycles. The van der Waals surface area contributed by atoms with Gasteiger partial charge in [0, 0.05) is 29.0 Å². The van der Waals surface area contributed by atoms with Crippen LogP contribution in [0, 0.1) is 5.92 Å². The molecule has 6 heteroatoms. The van der Waals surface area contributed by atoms with E-state index >= 15 is 0 Å². The van der Waals surface area contributed by atoms with Crippen molar-refractivity contribution in [2.75, 3.05) is 32.1 Å². The number of hydrogen-bond acceptors (Lipinski definition) is 4. The summed E-state index contributed by atoms with van der Waals surface area (Å²) in [5, 5.41) is 3.03. The van der Waals surface area contributed by atoms with Gasteiger partial charge in [0.1, 0.15) is 17.6 Å². The van der Waals surface area contributed by atoms with E-state index in [0.717, 1.165) is 60.6 Å². The normalized spacial score (nSPS) is 15.4. The lowest BCUT2D eigenvalue weighted by atomic mass is 9.89. The van der Waals surface area contributed by atoms with Crippen molar-refractivity contribution in [3.8, 4) is 11.5 Å². The van der Waals surface area contributed by atoms with Gasteiger partial charge in [0.15, 0.2) is 0 Å². The maximum absolute atomic E-state index is 12.1. The molecule has 1 N–H and O–H groups in total. The van der Waals surface area contributed by atoms with Crippen LogP contribution < -0.4 is 14.8 Å². The molecule has 0 aliphatic carbocycles. The average molecular weight is 566 g/mol. The van der Waals surface area contributed by atoms with Crippen LogP contribution in [0.2, 0.25) is 0 Å². The molecule has 5 nitrogen and oxygen atoms in total. The Balaban J connectivity index is 1.34. The van der Waals surface area contributed by atoms with Crippen molar-refractivity contribution in [2.24, 2.45) is 5.92 Å². The number of piperidine rings is 1. The van der Waals surface area contributed by atoms with Gasteiger partial charge in [0.25, 0.3) is 0 Å². The number of hydrogen-bond donors (Lipinski definition) is 1. The van der Waals surface area contributed by atoms with E-state index < -0.39 is 0 Å². The molecule has 3 aromatic rings. The largest absolute Gasteiger partial charge is 0.497 e. The maximum Gasteiger partial charge on any atom is 0.226 e. The third kappa shape index (κ3) is 7.83. The molecule has 1 aliphatic heterocycles. The van der Waals surface area contributed by atoms with Crippen LogP contribution in [0.1, 0.15) is 56.3 Å². The predicted octanol–water partition coefficient (Wildman–Crippen LogP) is 7.44. The number of likely N-dealkylation sites (tertiary alicyclic amines) is 1. The van der Waals surface area contributed by atoms with Gasteiger partial charge in [0.2, 0.25) is 5.91 Å². The molecule has 1 saturated heterocycles. The van der Waals surface area contributed by atoms with E-state index in [2.05, 4.69) is 68.6 Å². The topological polar surface area (TPSA) is 50.8 Å². The fraction of sp³-hybridized carbons (Fsp3) is 0.387. The Morgan fingerprint density at radius 2 is 1.68 bits per heavy atom. The van der Waals surface area contributed by atoms with Crippen molar-refractivity contribution < 1.29 is 14.3 Å². The molecule has 3 aromatic carbocycles. The third-order valence-corrected chi connectivity index (χ3v) is 7.55. The minimum atomic E-state index is -0.0273. The Bertz CT molecular complexity index is 1140. The molecule has 1 atom stereocenters. The number of nitrogens with one attached hydrogen (secondary N) is 1. The van der Waals surface area contributed by atoms with Crippen molar-refractivity contribution in [1.82, 2.24) is 4.90 Å². The lowest BCUT2D eigenvalue weighted by molar-refractivity contribution is -0.118. The summed E-state index contributed by atoms with van der Waals surface area (Å²) in [4.78, 5) is 14.6. The minimum absolute atomic E-state index is 0.0261. The van der Waals surface area contributed by atoms with Gasteiger partial charge in [-0.3, -0.25) is 4.79 Å². The van der Waals surface area contributed by atoms with Crippen molar-refractivity contribution in [3.63, 3.8) is 0 Å². The van der Waals surface area contributed by atoms with Crippen LogP contribution in [-0.4, -0.2) is 37.6 Å². The summed E-state index contributed by atoms with van der Waals surface area (Å²) in [6.45, 7) is 6.93.